The predicted octanol–water partition coefficient (Wildman–Crippen LogP) is 2.94. The number of piperazine rings is 1. The van der Waals surface area contributed by atoms with E-state index in [4.69, 9.17) is 9.47 Å². The van der Waals surface area contributed by atoms with Crippen LogP contribution >= 0.6 is 0 Å². The first-order valence-electron chi connectivity index (χ1n) is 9.51. The molecule has 138 valence electrons. The van der Waals surface area contributed by atoms with E-state index in [0.29, 0.717) is 18.2 Å². The van der Waals surface area contributed by atoms with Crippen molar-refractivity contribution in [3.8, 4) is 0 Å². The molecule has 1 aromatic carbocycles. The lowest BCUT2D eigenvalue weighted by Crippen LogP contribution is -2.48. The van der Waals surface area contributed by atoms with Crippen LogP contribution < -0.4 is 4.90 Å². The summed E-state index contributed by atoms with van der Waals surface area (Å²) in [4.78, 5) is 17.1. The second-order valence-electron chi connectivity index (χ2n) is 7.25. The lowest BCUT2D eigenvalue weighted by atomic mass is 10.1. The number of hydrogen-bond donors (Lipinski definition) is 0. The largest absolute Gasteiger partial charge is 0.459 e. The van der Waals surface area contributed by atoms with E-state index >= 15 is 0 Å². The number of rotatable bonds is 5. The Morgan fingerprint density at radius 3 is 2.48 bits per heavy atom. The van der Waals surface area contributed by atoms with Gasteiger partial charge in [-0.25, -0.2) is 4.79 Å². The summed E-state index contributed by atoms with van der Waals surface area (Å²) in [6.07, 6.45) is 3.31. The fraction of sp³-hybridized carbons (Fsp3) is 0.650. The first kappa shape index (κ1) is 18.2. The van der Waals surface area contributed by atoms with Crippen LogP contribution in [0.1, 0.15) is 43.5 Å². The molecule has 5 heteroatoms. The normalized spacial score (nSPS) is 22.2. The summed E-state index contributed by atoms with van der Waals surface area (Å²) >= 11 is 0. The number of esters is 1. The number of ether oxygens (including phenoxy) is 2. The number of nitrogens with zero attached hydrogens (tertiary/aromatic N) is 2. The zero-order valence-corrected chi connectivity index (χ0v) is 15.4. The Kier molecular flexibility index (Phi) is 6.32. The molecule has 5 nitrogen and oxygen atoms in total. The lowest BCUT2D eigenvalue weighted by molar-refractivity contribution is -0.0300. The fourth-order valence-corrected chi connectivity index (χ4v) is 3.50. The van der Waals surface area contributed by atoms with Gasteiger partial charge in [-0.3, -0.25) is 4.90 Å². The Morgan fingerprint density at radius 1 is 1.16 bits per heavy atom. The van der Waals surface area contributed by atoms with E-state index in [9.17, 15) is 4.79 Å². The van der Waals surface area contributed by atoms with Gasteiger partial charge in [0.15, 0.2) is 0 Å². The van der Waals surface area contributed by atoms with E-state index in [-0.39, 0.29) is 12.1 Å². The first-order chi connectivity index (χ1) is 12.1. The molecule has 0 N–H and O–H groups in total. The molecule has 0 unspecified atom stereocenters. The predicted molar refractivity (Wildman–Crippen MR) is 99.2 cm³/mol. The van der Waals surface area contributed by atoms with E-state index in [1.54, 1.807) is 0 Å². The minimum absolute atomic E-state index is 0.0641. The molecule has 3 rings (SSSR count). The summed E-state index contributed by atoms with van der Waals surface area (Å²) in [7, 11) is 0. The van der Waals surface area contributed by atoms with Crippen LogP contribution in [0.15, 0.2) is 24.3 Å². The van der Waals surface area contributed by atoms with Gasteiger partial charge in [0.1, 0.15) is 6.61 Å². The summed E-state index contributed by atoms with van der Waals surface area (Å²) in [6.45, 7) is 9.86. The highest BCUT2D eigenvalue weighted by Gasteiger charge is 2.20. The number of anilines is 1. The van der Waals surface area contributed by atoms with Gasteiger partial charge >= 0.3 is 5.97 Å². The standard InChI is InChI=1S/C20H30N2O3/c1-16(2)21-10-12-22(13-11-21)18-8-6-17(7-9-18)20(23)25-15-19-5-3-4-14-24-19/h6-9,16,19H,3-5,10-15H2,1-2H3/t19-/m0/s1. The Balaban J connectivity index is 1.49. The number of benzene rings is 1. The van der Waals surface area contributed by atoms with Crippen LogP contribution in [-0.4, -0.2) is 62.4 Å². The second-order valence-corrected chi connectivity index (χ2v) is 7.25. The van der Waals surface area contributed by atoms with Crippen molar-refractivity contribution in [2.75, 3.05) is 44.3 Å². The van der Waals surface area contributed by atoms with E-state index in [1.165, 1.54) is 5.69 Å². The van der Waals surface area contributed by atoms with Gasteiger partial charge in [0, 0.05) is 44.5 Å². The van der Waals surface area contributed by atoms with Gasteiger partial charge in [0.25, 0.3) is 0 Å². The Bertz CT molecular complexity index is 545. The van der Waals surface area contributed by atoms with Gasteiger partial charge in [-0.1, -0.05) is 0 Å². The van der Waals surface area contributed by atoms with Gasteiger partial charge in [-0.15, -0.1) is 0 Å². The van der Waals surface area contributed by atoms with Crippen molar-refractivity contribution in [2.24, 2.45) is 0 Å². The Hall–Kier alpha value is -1.59. The zero-order valence-electron chi connectivity index (χ0n) is 15.4. The summed E-state index contributed by atoms with van der Waals surface area (Å²) < 4.78 is 11.0. The van der Waals surface area contributed by atoms with E-state index in [0.717, 1.165) is 52.0 Å². The molecule has 0 radical (unpaired) electrons. The molecule has 2 saturated heterocycles. The quantitative estimate of drug-likeness (QED) is 0.767. The van der Waals surface area contributed by atoms with Crippen molar-refractivity contribution >= 4 is 11.7 Å². The number of hydrogen-bond acceptors (Lipinski definition) is 5. The van der Waals surface area contributed by atoms with Crippen molar-refractivity contribution in [3.63, 3.8) is 0 Å². The van der Waals surface area contributed by atoms with Crippen molar-refractivity contribution in [1.82, 2.24) is 4.90 Å². The third-order valence-corrected chi connectivity index (χ3v) is 5.19. The Morgan fingerprint density at radius 2 is 1.88 bits per heavy atom. The molecule has 1 aromatic rings. The van der Waals surface area contributed by atoms with Crippen LogP contribution in [0.25, 0.3) is 0 Å². The lowest BCUT2D eigenvalue weighted by Gasteiger charge is -2.38. The maximum atomic E-state index is 12.2. The average molecular weight is 346 g/mol. The molecule has 0 spiro atoms. The number of carbonyl (C=O) groups excluding carboxylic acids is 1. The van der Waals surface area contributed by atoms with Crippen LogP contribution in [0, 0.1) is 0 Å². The molecule has 0 aromatic heterocycles. The van der Waals surface area contributed by atoms with Crippen molar-refractivity contribution in [1.29, 1.82) is 0 Å². The van der Waals surface area contributed by atoms with Gasteiger partial charge in [-0.05, 0) is 57.4 Å². The zero-order chi connectivity index (χ0) is 17.6. The maximum absolute atomic E-state index is 12.2. The van der Waals surface area contributed by atoms with Crippen LogP contribution in [0.5, 0.6) is 0 Å². The van der Waals surface area contributed by atoms with Gasteiger partial charge in [-0.2, -0.15) is 0 Å². The van der Waals surface area contributed by atoms with Crippen LogP contribution in [0.4, 0.5) is 5.69 Å². The molecular formula is C20H30N2O3. The summed E-state index contributed by atoms with van der Waals surface area (Å²) in [5.74, 6) is -0.259. The van der Waals surface area contributed by atoms with E-state index < -0.39 is 0 Å². The van der Waals surface area contributed by atoms with Gasteiger partial charge < -0.3 is 14.4 Å². The maximum Gasteiger partial charge on any atom is 0.338 e. The molecule has 2 aliphatic heterocycles. The number of carbonyl (C=O) groups is 1. The molecule has 2 heterocycles. The highest BCUT2D eigenvalue weighted by molar-refractivity contribution is 5.89. The topological polar surface area (TPSA) is 42.0 Å². The summed E-state index contributed by atoms with van der Waals surface area (Å²) in [6, 6.07) is 8.40. The van der Waals surface area contributed by atoms with Crippen LogP contribution in [-0.2, 0) is 9.47 Å². The highest BCUT2D eigenvalue weighted by Crippen LogP contribution is 2.19. The van der Waals surface area contributed by atoms with Crippen molar-refractivity contribution in [2.45, 2.75) is 45.3 Å². The molecule has 0 aliphatic carbocycles. The first-order valence-corrected chi connectivity index (χ1v) is 9.51. The van der Waals surface area contributed by atoms with E-state index in [2.05, 4.69) is 23.6 Å². The van der Waals surface area contributed by atoms with Crippen LogP contribution in [0.3, 0.4) is 0 Å². The highest BCUT2D eigenvalue weighted by atomic mass is 16.6. The van der Waals surface area contributed by atoms with Gasteiger partial charge in [0.2, 0.25) is 0 Å². The molecule has 2 aliphatic rings. The third kappa shape index (κ3) is 4.95. The summed E-state index contributed by atoms with van der Waals surface area (Å²) in [5, 5.41) is 0. The summed E-state index contributed by atoms with van der Waals surface area (Å²) in [5.41, 5.74) is 1.79. The molecule has 0 saturated carbocycles. The average Bonchev–Trinajstić information content (AvgIpc) is 2.67. The second kappa shape index (κ2) is 8.68. The van der Waals surface area contributed by atoms with Crippen LogP contribution in [0.2, 0.25) is 0 Å². The minimum atomic E-state index is -0.259. The smallest absolute Gasteiger partial charge is 0.338 e. The van der Waals surface area contributed by atoms with Crippen molar-refractivity contribution < 1.29 is 14.3 Å². The minimum Gasteiger partial charge on any atom is -0.459 e. The molecule has 0 amide bonds. The molecular weight excluding hydrogens is 316 g/mol. The van der Waals surface area contributed by atoms with E-state index in [1.807, 2.05) is 24.3 Å². The molecule has 2 fully saturated rings. The monoisotopic (exact) mass is 346 g/mol. The fourth-order valence-electron chi connectivity index (χ4n) is 3.50. The SMILES string of the molecule is CC(C)N1CCN(c2ccc(C(=O)OC[C@@H]3CCCCO3)cc2)CC1. The third-order valence-electron chi connectivity index (χ3n) is 5.19. The Labute approximate surface area is 150 Å². The molecule has 0 bridgehead atoms. The molecule has 1 atom stereocenters. The molecule has 25 heavy (non-hydrogen) atoms. The van der Waals surface area contributed by atoms with Gasteiger partial charge in [0.05, 0.1) is 11.7 Å². The van der Waals surface area contributed by atoms with Crippen molar-refractivity contribution in [3.05, 3.63) is 29.8 Å².